The maximum Gasteiger partial charge on any atom is 0.320 e. The SMILES string of the molecule is CC(C)(C)CNC(=O)N1CCC2C(C#Cc3cccc(Cl)c3)=NOC21. The second kappa shape index (κ2) is 6.97. The first kappa shape index (κ1) is 17.6. The Morgan fingerprint density at radius 2 is 2.24 bits per heavy atom. The van der Waals surface area contributed by atoms with Crippen LogP contribution in [0.5, 0.6) is 0 Å². The number of hydrogen-bond acceptors (Lipinski definition) is 3. The van der Waals surface area contributed by atoms with Crippen molar-refractivity contribution in [3.63, 3.8) is 0 Å². The summed E-state index contributed by atoms with van der Waals surface area (Å²) in [5, 5.41) is 7.70. The molecule has 1 saturated heterocycles. The van der Waals surface area contributed by atoms with Crippen LogP contribution in [-0.4, -0.2) is 36.0 Å². The number of carbonyl (C=O) groups is 1. The van der Waals surface area contributed by atoms with Crippen molar-refractivity contribution in [3.8, 4) is 11.8 Å². The highest BCUT2D eigenvalue weighted by atomic mass is 35.5. The Morgan fingerprint density at radius 3 is 2.96 bits per heavy atom. The van der Waals surface area contributed by atoms with Crippen LogP contribution in [0.15, 0.2) is 29.4 Å². The zero-order valence-electron chi connectivity index (χ0n) is 14.7. The Morgan fingerprint density at radius 1 is 1.44 bits per heavy atom. The lowest BCUT2D eigenvalue weighted by Crippen LogP contribution is -2.46. The number of benzene rings is 1. The summed E-state index contributed by atoms with van der Waals surface area (Å²) in [5.41, 5.74) is 1.56. The molecule has 0 bridgehead atoms. The molecule has 2 aliphatic heterocycles. The van der Waals surface area contributed by atoms with Crippen molar-refractivity contribution in [2.24, 2.45) is 16.5 Å². The van der Waals surface area contributed by atoms with Crippen molar-refractivity contribution in [2.75, 3.05) is 13.1 Å². The van der Waals surface area contributed by atoms with Crippen LogP contribution in [0.25, 0.3) is 0 Å². The van der Waals surface area contributed by atoms with Gasteiger partial charge in [0.25, 0.3) is 0 Å². The molecular weight excluding hydrogens is 338 g/mol. The molecule has 0 aromatic heterocycles. The summed E-state index contributed by atoms with van der Waals surface area (Å²) in [6.45, 7) is 7.50. The Labute approximate surface area is 153 Å². The highest BCUT2D eigenvalue weighted by Crippen LogP contribution is 2.31. The fourth-order valence-corrected chi connectivity index (χ4v) is 3.01. The van der Waals surface area contributed by atoms with Gasteiger partial charge in [-0.2, -0.15) is 0 Å². The smallest absolute Gasteiger partial charge is 0.320 e. The highest BCUT2D eigenvalue weighted by Gasteiger charge is 2.45. The van der Waals surface area contributed by atoms with Crippen molar-refractivity contribution in [1.29, 1.82) is 0 Å². The van der Waals surface area contributed by atoms with Crippen molar-refractivity contribution in [3.05, 3.63) is 34.9 Å². The van der Waals surface area contributed by atoms with E-state index >= 15 is 0 Å². The van der Waals surface area contributed by atoms with Gasteiger partial charge in [-0.3, -0.25) is 4.90 Å². The van der Waals surface area contributed by atoms with Gasteiger partial charge in [0, 0.05) is 23.7 Å². The predicted molar refractivity (Wildman–Crippen MR) is 98.3 cm³/mol. The normalized spacial score (nSPS) is 21.8. The van der Waals surface area contributed by atoms with Gasteiger partial charge >= 0.3 is 6.03 Å². The fraction of sp³-hybridized carbons (Fsp3) is 0.474. The molecule has 0 aliphatic carbocycles. The monoisotopic (exact) mass is 359 g/mol. The molecule has 25 heavy (non-hydrogen) atoms. The zero-order chi connectivity index (χ0) is 18.0. The van der Waals surface area contributed by atoms with Gasteiger partial charge in [0.15, 0.2) is 0 Å². The lowest BCUT2D eigenvalue weighted by Gasteiger charge is -2.25. The summed E-state index contributed by atoms with van der Waals surface area (Å²) < 4.78 is 0. The van der Waals surface area contributed by atoms with E-state index in [9.17, 15) is 4.79 Å². The third kappa shape index (κ3) is 4.26. The Hall–Kier alpha value is -2.19. The van der Waals surface area contributed by atoms with E-state index in [1.165, 1.54) is 0 Å². The average Bonchev–Trinajstić information content (AvgIpc) is 3.12. The molecule has 1 aromatic carbocycles. The molecule has 1 aromatic rings. The summed E-state index contributed by atoms with van der Waals surface area (Å²) in [4.78, 5) is 19.6. The van der Waals surface area contributed by atoms with Crippen molar-refractivity contribution in [1.82, 2.24) is 10.2 Å². The Balaban J connectivity index is 1.63. The summed E-state index contributed by atoms with van der Waals surface area (Å²) in [6.07, 6.45) is 0.444. The van der Waals surface area contributed by atoms with E-state index in [2.05, 4.69) is 43.1 Å². The number of hydrogen-bond donors (Lipinski definition) is 1. The summed E-state index contributed by atoms with van der Waals surface area (Å²) >= 11 is 5.97. The number of likely N-dealkylation sites (tertiary alicyclic amines) is 1. The van der Waals surface area contributed by atoms with Gasteiger partial charge in [0.1, 0.15) is 5.71 Å². The lowest BCUT2D eigenvalue weighted by molar-refractivity contribution is -0.00660. The minimum absolute atomic E-state index is 0.0343. The van der Waals surface area contributed by atoms with Crippen LogP contribution in [0, 0.1) is 23.2 Å². The van der Waals surface area contributed by atoms with Crippen molar-refractivity contribution < 1.29 is 9.63 Å². The van der Waals surface area contributed by atoms with Crippen LogP contribution >= 0.6 is 11.6 Å². The number of rotatable bonds is 1. The van der Waals surface area contributed by atoms with Gasteiger partial charge in [0.05, 0.1) is 5.92 Å². The van der Waals surface area contributed by atoms with Crippen molar-refractivity contribution in [2.45, 2.75) is 33.4 Å². The van der Waals surface area contributed by atoms with Crippen LogP contribution in [-0.2, 0) is 4.84 Å². The summed E-state index contributed by atoms with van der Waals surface area (Å²) in [7, 11) is 0. The first-order chi connectivity index (χ1) is 11.8. The van der Waals surface area contributed by atoms with Gasteiger partial charge < -0.3 is 10.2 Å². The third-order valence-corrected chi connectivity index (χ3v) is 4.37. The zero-order valence-corrected chi connectivity index (χ0v) is 15.4. The van der Waals surface area contributed by atoms with Crippen molar-refractivity contribution >= 4 is 23.3 Å². The van der Waals surface area contributed by atoms with Crippen LogP contribution in [0.4, 0.5) is 4.79 Å². The lowest BCUT2D eigenvalue weighted by atomic mass is 9.97. The third-order valence-electron chi connectivity index (χ3n) is 4.13. The number of urea groups is 1. The Bertz CT molecular complexity index is 758. The first-order valence-corrected chi connectivity index (χ1v) is 8.77. The van der Waals surface area contributed by atoms with Gasteiger partial charge in [-0.1, -0.05) is 49.5 Å². The molecule has 6 heteroatoms. The molecule has 0 spiro atoms. The number of nitrogens with one attached hydrogen (secondary N) is 1. The molecule has 0 radical (unpaired) electrons. The largest absolute Gasteiger partial charge is 0.369 e. The molecule has 2 unspecified atom stereocenters. The van der Waals surface area contributed by atoms with Gasteiger partial charge in [-0.25, -0.2) is 4.79 Å². The molecular formula is C19H22ClN3O2. The maximum atomic E-state index is 12.4. The molecule has 1 fully saturated rings. The van der Waals surface area contributed by atoms with E-state index in [4.69, 9.17) is 16.4 Å². The topological polar surface area (TPSA) is 53.9 Å². The highest BCUT2D eigenvalue weighted by molar-refractivity contribution is 6.30. The molecule has 2 amide bonds. The molecule has 0 saturated carbocycles. The first-order valence-electron chi connectivity index (χ1n) is 8.39. The summed E-state index contributed by atoms with van der Waals surface area (Å²) in [6, 6.07) is 7.27. The minimum Gasteiger partial charge on any atom is -0.369 e. The molecule has 2 aliphatic rings. The fourth-order valence-electron chi connectivity index (χ4n) is 2.82. The van der Waals surface area contributed by atoms with E-state index in [0.29, 0.717) is 23.8 Å². The standard InChI is InChI=1S/C19H22ClN3O2/c1-19(2,3)12-21-18(24)23-10-9-15-16(22-25-17(15)23)8-7-13-5-4-6-14(20)11-13/h4-6,11,15,17H,9-10,12H2,1-3H3,(H,21,24). The average molecular weight is 360 g/mol. The van der Waals surface area contributed by atoms with Gasteiger partial charge in [-0.05, 0) is 36.0 Å². The quantitative estimate of drug-likeness (QED) is 0.780. The number of amides is 2. The molecule has 2 heterocycles. The molecule has 2 atom stereocenters. The van der Waals surface area contributed by atoms with Crippen LogP contribution in [0.1, 0.15) is 32.8 Å². The number of halogens is 1. The Kier molecular flexibility index (Phi) is 4.91. The second-order valence-electron chi connectivity index (χ2n) is 7.54. The van der Waals surface area contributed by atoms with Gasteiger partial charge in [-0.15, -0.1) is 0 Å². The van der Waals surface area contributed by atoms with Crippen LogP contribution < -0.4 is 5.32 Å². The van der Waals surface area contributed by atoms with E-state index in [1.54, 1.807) is 4.90 Å². The molecule has 5 nitrogen and oxygen atoms in total. The maximum absolute atomic E-state index is 12.4. The van der Waals surface area contributed by atoms with E-state index in [-0.39, 0.29) is 23.6 Å². The van der Waals surface area contributed by atoms with Crippen LogP contribution in [0.3, 0.4) is 0 Å². The van der Waals surface area contributed by atoms with E-state index in [0.717, 1.165) is 12.0 Å². The van der Waals surface area contributed by atoms with E-state index in [1.807, 2.05) is 24.3 Å². The number of oxime groups is 1. The van der Waals surface area contributed by atoms with Crippen LogP contribution in [0.2, 0.25) is 5.02 Å². The number of nitrogens with zero attached hydrogens (tertiary/aromatic N) is 2. The summed E-state index contributed by atoms with van der Waals surface area (Å²) in [5.74, 6) is 6.17. The molecule has 3 rings (SSSR count). The minimum atomic E-state index is -0.358. The number of carbonyl (C=O) groups excluding carboxylic acids is 1. The van der Waals surface area contributed by atoms with Gasteiger partial charge in [0.2, 0.25) is 6.23 Å². The number of fused-ring (bicyclic) bond motifs is 1. The predicted octanol–water partition coefficient (Wildman–Crippen LogP) is 3.48. The second-order valence-corrected chi connectivity index (χ2v) is 7.98. The molecule has 1 N–H and O–H groups in total. The van der Waals surface area contributed by atoms with E-state index < -0.39 is 0 Å². The molecule has 132 valence electrons.